The van der Waals surface area contributed by atoms with Gasteiger partial charge in [-0.05, 0) is 29.3 Å². The Labute approximate surface area is 101 Å². The predicted octanol–water partition coefficient (Wildman–Crippen LogP) is 3.14. The first-order chi connectivity index (χ1) is 8.42. The summed E-state index contributed by atoms with van der Waals surface area (Å²) in [6, 6.07) is 19.2. The third kappa shape index (κ3) is 2.66. The molecule has 1 fully saturated rings. The van der Waals surface area contributed by atoms with Crippen LogP contribution in [-0.4, -0.2) is 6.61 Å². The summed E-state index contributed by atoms with van der Waals surface area (Å²) in [5, 5.41) is 0. The van der Waals surface area contributed by atoms with Gasteiger partial charge in [-0.2, -0.15) is 0 Å². The van der Waals surface area contributed by atoms with Crippen molar-refractivity contribution < 1.29 is 9.47 Å². The van der Waals surface area contributed by atoms with Crippen LogP contribution in [0, 0.1) is 6.07 Å². The van der Waals surface area contributed by atoms with Gasteiger partial charge in [0.05, 0.1) is 6.61 Å². The van der Waals surface area contributed by atoms with Gasteiger partial charge < -0.3 is 9.47 Å². The predicted molar refractivity (Wildman–Crippen MR) is 64.7 cm³/mol. The van der Waals surface area contributed by atoms with E-state index in [1.807, 2.05) is 36.4 Å². The summed E-state index contributed by atoms with van der Waals surface area (Å²) in [5.41, 5.74) is 2.28. The van der Waals surface area contributed by atoms with Gasteiger partial charge in [0.25, 0.3) is 0 Å². The summed E-state index contributed by atoms with van der Waals surface area (Å²) in [5.74, 6) is 0.846. The van der Waals surface area contributed by atoms with Crippen molar-refractivity contribution in [3.8, 4) is 5.75 Å². The van der Waals surface area contributed by atoms with Crippen LogP contribution in [0.2, 0.25) is 0 Å². The first kappa shape index (κ1) is 10.4. The van der Waals surface area contributed by atoms with Crippen LogP contribution in [0.4, 0.5) is 0 Å². The quantitative estimate of drug-likeness (QED) is 0.746. The van der Waals surface area contributed by atoms with Crippen molar-refractivity contribution in [3.63, 3.8) is 0 Å². The average molecular weight is 225 g/mol. The van der Waals surface area contributed by atoms with Crippen LogP contribution in [0.3, 0.4) is 0 Å². The fourth-order valence-electron chi connectivity index (χ4n) is 1.68. The van der Waals surface area contributed by atoms with Gasteiger partial charge in [-0.25, -0.2) is 0 Å². The molecular weight excluding hydrogens is 212 g/mol. The maximum Gasteiger partial charge on any atom is 0.120 e. The van der Waals surface area contributed by atoms with E-state index in [1.165, 1.54) is 5.56 Å². The van der Waals surface area contributed by atoms with Crippen LogP contribution in [-0.2, 0) is 11.3 Å². The van der Waals surface area contributed by atoms with Crippen LogP contribution in [0.5, 0.6) is 5.75 Å². The van der Waals surface area contributed by atoms with Gasteiger partial charge >= 0.3 is 0 Å². The zero-order valence-electron chi connectivity index (χ0n) is 9.43. The largest absolute Gasteiger partial charge is 0.489 e. The first-order valence-electron chi connectivity index (χ1n) is 5.72. The van der Waals surface area contributed by atoms with E-state index in [0.717, 1.165) is 17.9 Å². The van der Waals surface area contributed by atoms with Gasteiger partial charge in [0.1, 0.15) is 18.5 Å². The Bertz CT molecular complexity index is 472. The van der Waals surface area contributed by atoms with Gasteiger partial charge in [0.15, 0.2) is 0 Å². The molecule has 1 aliphatic rings. The minimum atomic E-state index is 0.262. The minimum absolute atomic E-state index is 0.262. The van der Waals surface area contributed by atoms with E-state index < -0.39 is 0 Å². The highest BCUT2D eigenvalue weighted by Gasteiger charge is 2.24. The van der Waals surface area contributed by atoms with Gasteiger partial charge in [-0.3, -0.25) is 0 Å². The molecule has 1 radical (unpaired) electrons. The second-order valence-corrected chi connectivity index (χ2v) is 4.08. The fraction of sp³-hybridized carbons (Fsp3) is 0.200. The summed E-state index contributed by atoms with van der Waals surface area (Å²) in [7, 11) is 0. The molecule has 1 saturated heterocycles. The number of rotatable bonds is 4. The molecule has 0 bridgehead atoms. The van der Waals surface area contributed by atoms with Gasteiger partial charge in [-0.1, -0.05) is 36.4 Å². The lowest BCUT2D eigenvalue weighted by molar-refractivity contribution is 0.306. The van der Waals surface area contributed by atoms with E-state index in [4.69, 9.17) is 9.47 Å². The topological polar surface area (TPSA) is 21.8 Å². The average Bonchev–Trinajstić information content (AvgIpc) is 3.23. The number of hydrogen-bond acceptors (Lipinski definition) is 2. The maximum atomic E-state index is 5.68. The van der Waals surface area contributed by atoms with E-state index in [-0.39, 0.29) is 6.10 Å². The van der Waals surface area contributed by atoms with Crippen molar-refractivity contribution >= 4 is 0 Å². The Balaban J connectivity index is 1.61. The van der Waals surface area contributed by atoms with Crippen molar-refractivity contribution in [2.24, 2.45) is 0 Å². The normalized spacial score (nSPS) is 17.8. The molecule has 1 heterocycles. The highest BCUT2D eigenvalue weighted by molar-refractivity contribution is 5.29. The third-order valence-electron chi connectivity index (χ3n) is 2.74. The van der Waals surface area contributed by atoms with Crippen LogP contribution >= 0.6 is 0 Å². The van der Waals surface area contributed by atoms with Crippen LogP contribution in [0.15, 0.2) is 48.5 Å². The lowest BCUT2D eigenvalue weighted by Gasteiger charge is -2.06. The van der Waals surface area contributed by atoms with Crippen molar-refractivity contribution in [2.75, 3.05) is 6.61 Å². The van der Waals surface area contributed by atoms with Gasteiger partial charge in [-0.15, -0.1) is 0 Å². The second-order valence-electron chi connectivity index (χ2n) is 4.08. The Morgan fingerprint density at radius 3 is 2.65 bits per heavy atom. The molecule has 0 saturated carbocycles. The number of hydrogen-bond donors (Lipinski definition) is 0. The summed E-state index contributed by atoms with van der Waals surface area (Å²) in [6.07, 6.45) is 0.262. The molecule has 1 atom stereocenters. The number of benzene rings is 2. The summed E-state index contributed by atoms with van der Waals surface area (Å²) in [4.78, 5) is 0. The zero-order valence-corrected chi connectivity index (χ0v) is 9.43. The Morgan fingerprint density at radius 2 is 2.00 bits per heavy atom. The molecule has 2 aromatic carbocycles. The molecule has 0 spiro atoms. The molecular formula is C15H13O2. The third-order valence-corrected chi connectivity index (χ3v) is 2.74. The second kappa shape index (κ2) is 4.60. The van der Waals surface area contributed by atoms with Crippen molar-refractivity contribution in [1.82, 2.24) is 0 Å². The molecule has 0 N–H and O–H groups in total. The van der Waals surface area contributed by atoms with E-state index in [0.29, 0.717) is 6.61 Å². The molecule has 0 amide bonds. The SMILES string of the molecule is [c]1cc(OCc2ccccc2)ccc1[C@H]1CO1. The summed E-state index contributed by atoms with van der Waals surface area (Å²) < 4.78 is 10.9. The Hall–Kier alpha value is -1.80. The van der Waals surface area contributed by atoms with Crippen molar-refractivity contribution in [1.29, 1.82) is 0 Å². The van der Waals surface area contributed by atoms with Gasteiger partial charge in [0, 0.05) is 0 Å². The van der Waals surface area contributed by atoms with Crippen molar-refractivity contribution in [2.45, 2.75) is 12.7 Å². The van der Waals surface area contributed by atoms with Gasteiger partial charge in [0.2, 0.25) is 0 Å². The van der Waals surface area contributed by atoms with E-state index in [2.05, 4.69) is 18.2 Å². The van der Waals surface area contributed by atoms with Crippen molar-refractivity contribution in [3.05, 3.63) is 65.7 Å². The van der Waals surface area contributed by atoms with E-state index >= 15 is 0 Å². The molecule has 3 rings (SSSR count). The minimum Gasteiger partial charge on any atom is -0.489 e. The van der Waals surface area contributed by atoms with Crippen LogP contribution < -0.4 is 4.74 Å². The first-order valence-corrected chi connectivity index (χ1v) is 5.72. The molecule has 2 aromatic rings. The molecule has 2 nitrogen and oxygen atoms in total. The van der Waals surface area contributed by atoms with E-state index in [1.54, 1.807) is 0 Å². The smallest absolute Gasteiger partial charge is 0.120 e. The Kier molecular flexibility index (Phi) is 2.80. The standard InChI is InChI=1S/C15H13O2/c1-2-4-12(5-3-1)10-16-14-8-6-13(7-9-14)15-11-17-15/h1-6,8-9,15H,10-11H2/t15-/m1/s1. The van der Waals surface area contributed by atoms with E-state index in [9.17, 15) is 0 Å². The molecule has 1 aliphatic heterocycles. The molecule has 0 aromatic heterocycles. The highest BCUT2D eigenvalue weighted by Crippen LogP contribution is 2.30. The number of epoxide rings is 1. The molecule has 17 heavy (non-hydrogen) atoms. The summed E-state index contributed by atoms with van der Waals surface area (Å²) >= 11 is 0. The zero-order chi connectivity index (χ0) is 11.5. The highest BCUT2D eigenvalue weighted by atomic mass is 16.6. The Morgan fingerprint density at radius 1 is 1.18 bits per heavy atom. The molecule has 2 heteroatoms. The van der Waals surface area contributed by atoms with Crippen LogP contribution in [0.25, 0.3) is 0 Å². The number of ether oxygens (including phenoxy) is 2. The lowest BCUT2D eigenvalue weighted by Crippen LogP contribution is -1.95. The summed E-state index contributed by atoms with van der Waals surface area (Å²) in [6.45, 7) is 1.41. The lowest BCUT2D eigenvalue weighted by atomic mass is 10.1. The molecule has 0 unspecified atom stereocenters. The molecule has 85 valence electrons. The molecule has 0 aliphatic carbocycles. The monoisotopic (exact) mass is 225 g/mol. The maximum absolute atomic E-state index is 5.68. The van der Waals surface area contributed by atoms with Crippen LogP contribution in [0.1, 0.15) is 17.2 Å². The fourth-order valence-corrected chi connectivity index (χ4v) is 1.68.